The lowest BCUT2D eigenvalue weighted by atomic mass is 9.96. The van der Waals surface area contributed by atoms with Gasteiger partial charge in [-0.05, 0) is 42.7 Å². The fourth-order valence-electron chi connectivity index (χ4n) is 3.10. The van der Waals surface area contributed by atoms with Crippen molar-refractivity contribution < 1.29 is 14.3 Å². The molecular formula is C18H18FNO2. The summed E-state index contributed by atoms with van der Waals surface area (Å²) in [6.07, 6.45) is 0.827. The van der Waals surface area contributed by atoms with E-state index in [1.54, 1.807) is 12.1 Å². The molecular weight excluding hydrogens is 281 g/mol. The van der Waals surface area contributed by atoms with Crippen molar-refractivity contribution in [3.63, 3.8) is 0 Å². The molecule has 0 saturated carbocycles. The van der Waals surface area contributed by atoms with Crippen molar-refractivity contribution in [3.8, 4) is 0 Å². The van der Waals surface area contributed by atoms with Crippen molar-refractivity contribution in [2.24, 2.45) is 0 Å². The van der Waals surface area contributed by atoms with Gasteiger partial charge in [0.25, 0.3) is 0 Å². The second kappa shape index (κ2) is 5.79. The maximum atomic E-state index is 14.4. The van der Waals surface area contributed by atoms with Gasteiger partial charge in [-0.25, -0.2) is 9.18 Å². The predicted molar refractivity (Wildman–Crippen MR) is 84.1 cm³/mol. The van der Waals surface area contributed by atoms with Gasteiger partial charge in [-0.15, -0.1) is 0 Å². The molecule has 0 aliphatic carbocycles. The quantitative estimate of drug-likeness (QED) is 0.936. The molecule has 0 aromatic heterocycles. The van der Waals surface area contributed by atoms with Crippen LogP contribution in [0, 0.1) is 12.7 Å². The molecule has 114 valence electrons. The van der Waals surface area contributed by atoms with E-state index in [1.165, 1.54) is 11.6 Å². The highest BCUT2D eigenvalue weighted by molar-refractivity contribution is 5.88. The largest absolute Gasteiger partial charge is 0.478 e. The van der Waals surface area contributed by atoms with Crippen molar-refractivity contribution in [1.82, 2.24) is 0 Å². The lowest BCUT2D eigenvalue weighted by Gasteiger charge is -2.19. The van der Waals surface area contributed by atoms with Crippen LogP contribution < -0.4 is 4.90 Å². The molecule has 1 aliphatic heterocycles. The number of carboxylic acid groups (broad SMARTS) is 1. The number of carbonyl (C=O) groups is 1. The van der Waals surface area contributed by atoms with E-state index in [-0.39, 0.29) is 11.5 Å². The summed E-state index contributed by atoms with van der Waals surface area (Å²) in [6, 6.07) is 12.9. The first-order chi connectivity index (χ1) is 10.6. The van der Waals surface area contributed by atoms with E-state index in [1.807, 2.05) is 19.1 Å². The van der Waals surface area contributed by atoms with E-state index >= 15 is 0 Å². The maximum absolute atomic E-state index is 14.4. The molecule has 1 N–H and O–H groups in total. The minimum absolute atomic E-state index is 0.0276. The molecule has 0 bridgehead atoms. The second-order valence-electron chi connectivity index (χ2n) is 5.78. The number of aromatic carboxylic acids is 1. The number of nitrogens with zero attached hydrogens (tertiary/aromatic N) is 1. The van der Waals surface area contributed by atoms with Crippen molar-refractivity contribution in [2.45, 2.75) is 19.3 Å². The summed E-state index contributed by atoms with van der Waals surface area (Å²) >= 11 is 0. The Morgan fingerprint density at radius 2 is 2.05 bits per heavy atom. The Morgan fingerprint density at radius 1 is 1.27 bits per heavy atom. The molecule has 1 heterocycles. The monoisotopic (exact) mass is 299 g/mol. The Morgan fingerprint density at radius 3 is 2.77 bits per heavy atom. The van der Waals surface area contributed by atoms with Gasteiger partial charge < -0.3 is 10.0 Å². The molecule has 3 rings (SSSR count). The van der Waals surface area contributed by atoms with Crippen LogP contribution in [0.25, 0.3) is 0 Å². The van der Waals surface area contributed by atoms with Gasteiger partial charge in [0.1, 0.15) is 5.82 Å². The highest BCUT2D eigenvalue weighted by atomic mass is 19.1. The molecule has 1 unspecified atom stereocenters. The highest BCUT2D eigenvalue weighted by Crippen LogP contribution is 2.33. The van der Waals surface area contributed by atoms with Crippen LogP contribution in [-0.2, 0) is 0 Å². The molecule has 1 fully saturated rings. The van der Waals surface area contributed by atoms with E-state index in [0.29, 0.717) is 12.1 Å². The smallest absolute Gasteiger partial charge is 0.338 e. The van der Waals surface area contributed by atoms with E-state index in [2.05, 4.69) is 17.0 Å². The molecule has 0 amide bonds. The first-order valence-electron chi connectivity index (χ1n) is 7.39. The third-order valence-electron chi connectivity index (χ3n) is 4.25. The van der Waals surface area contributed by atoms with Crippen molar-refractivity contribution in [2.75, 3.05) is 18.0 Å². The fraction of sp³-hybridized carbons (Fsp3) is 0.278. The van der Waals surface area contributed by atoms with Crippen LogP contribution in [0.4, 0.5) is 10.1 Å². The lowest BCUT2D eigenvalue weighted by molar-refractivity contribution is 0.0691. The molecule has 1 aliphatic rings. The molecule has 0 radical (unpaired) electrons. The van der Waals surface area contributed by atoms with Crippen LogP contribution in [0.1, 0.15) is 33.8 Å². The highest BCUT2D eigenvalue weighted by Gasteiger charge is 2.27. The van der Waals surface area contributed by atoms with Gasteiger partial charge in [-0.1, -0.05) is 24.3 Å². The minimum atomic E-state index is -1.21. The summed E-state index contributed by atoms with van der Waals surface area (Å²) in [5, 5.41) is 9.04. The zero-order chi connectivity index (χ0) is 15.7. The van der Waals surface area contributed by atoms with Crippen LogP contribution in [-0.4, -0.2) is 24.2 Å². The third-order valence-corrected chi connectivity index (χ3v) is 4.25. The molecule has 3 nitrogen and oxygen atoms in total. The van der Waals surface area contributed by atoms with Crippen molar-refractivity contribution in [1.29, 1.82) is 0 Å². The molecule has 1 saturated heterocycles. The molecule has 2 aromatic carbocycles. The summed E-state index contributed by atoms with van der Waals surface area (Å²) in [5.41, 5.74) is 2.60. The van der Waals surface area contributed by atoms with Crippen molar-refractivity contribution >= 4 is 11.7 Å². The topological polar surface area (TPSA) is 40.5 Å². The number of benzene rings is 2. The van der Waals surface area contributed by atoms with Gasteiger partial charge >= 0.3 is 5.97 Å². The molecule has 2 aromatic rings. The van der Waals surface area contributed by atoms with E-state index in [4.69, 9.17) is 5.11 Å². The van der Waals surface area contributed by atoms with Gasteiger partial charge in [0.15, 0.2) is 0 Å². The van der Waals surface area contributed by atoms with Crippen LogP contribution >= 0.6 is 0 Å². The summed E-state index contributed by atoms with van der Waals surface area (Å²) < 4.78 is 14.4. The number of rotatable bonds is 3. The van der Waals surface area contributed by atoms with E-state index in [9.17, 15) is 9.18 Å². The Kier molecular flexibility index (Phi) is 3.84. The Bertz CT molecular complexity index is 714. The SMILES string of the molecule is Cc1cccc(N2CCC(c3cccc(C(=O)O)c3F)C2)c1. The third kappa shape index (κ3) is 2.69. The van der Waals surface area contributed by atoms with E-state index in [0.717, 1.165) is 18.7 Å². The number of hydrogen-bond donors (Lipinski definition) is 1. The molecule has 22 heavy (non-hydrogen) atoms. The Balaban J connectivity index is 1.84. The zero-order valence-corrected chi connectivity index (χ0v) is 12.4. The van der Waals surface area contributed by atoms with Crippen LogP contribution in [0.5, 0.6) is 0 Å². The number of hydrogen-bond acceptors (Lipinski definition) is 2. The molecule has 0 spiro atoms. The minimum Gasteiger partial charge on any atom is -0.478 e. The average molecular weight is 299 g/mol. The predicted octanol–water partition coefficient (Wildman–Crippen LogP) is 3.83. The Hall–Kier alpha value is -2.36. The number of carboxylic acids is 1. The van der Waals surface area contributed by atoms with Crippen LogP contribution in [0.3, 0.4) is 0 Å². The van der Waals surface area contributed by atoms with E-state index < -0.39 is 11.8 Å². The summed E-state index contributed by atoms with van der Waals surface area (Å²) in [6.45, 7) is 3.61. The maximum Gasteiger partial charge on any atom is 0.338 e. The molecule has 1 atom stereocenters. The van der Waals surface area contributed by atoms with Gasteiger partial charge in [0.2, 0.25) is 0 Å². The van der Waals surface area contributed by atoms with Gasteiger partial charge in [-0.2, -0.15) is 0 Å². The number of aryl methyl sites for hydroxylation is 1. The number of anilines is 1. The first kappa shape index (κ1) is 14.6. The normalized spacial score (nSPS) is 17.7. The first-order valence-corrected chi connectivity index (χ1v) is 7.39. The number of halogens is 1. The summed E-state index contributed by atoms with van der Waals surface area (Å²) in [4.78, 5) is 13.3. The average Bonchev–Trinajstić information content (AvgIpc) is 2.97. The van der Waals surface area contributed by atoms with Crippen LogP contribution in [0.15, 0.2) is 42.5 Å². The van der Waals surface area contributed by atoms with Gasteiger partial charge in [0.05, 0.1) is 5.56 Å². The summed E-state index contributed by atoms with van der Waals surface area (Å²) in [5.74, 6) is -1.78. The van der Waals surface area contributed by atoms with Crippen molar-refractivity contribution in [3.05, 3.63) is 65.0 Å². The van der Waals surface area contributed by atoms with Crippen LogP contribution in [0.2, 0.25) is 0 Å². The molecule has 4 heteroatoms. The van der Waals surface area contributed by atoms with Gasteiger partial charge in [0, 0.05) is 24.7 Å². The fourth-order valence-corrected chi connectivity index (χ4v) is 3.10. The second-order valence-corrected chi connectivity index (χ2v) is 5.78. The standard InChI is InChI=1S/C18H18FNO2/c1-12-4-2-5-14(10-12)20-9-8-13(11-20)15-6-3-7-16(17(15)19)18(21)22/h2-7,10,13H,8-9,11H2,1H3,(H,21,22). The Labute approximate surface area is 129 Å². The van der Waals surface area contributed by atoms with Gasteiger partial charge in [-0.3, -0.25) is 0 Å². The zero-order valence-electron chi connectivity index (χ0n) is 12.4. The summed E-state index contributed by atoms with van der Waals surface area (Å²) in [7, 11) is 0. The lowest BCUT2D eigenvalue weighted by Crippen LogP contribution is -2.19.